The van der Waals surface area contributed by atoms with Gasteiger partial charge in [-0.3, -0.25) is 4.79 Å². The number of carbonyl (C=O) groups excluding carboxylic acids is 1. The van der Waals surface area contributed by atoms with E-state index in [0.717, 1.165) is 36.9 Å². The summed E-state index contributed by atoms with van der Waals surface area (Å²) in [5, 5.41) is 29.6. The number of unbranched alkanes of at least 4 members (excludes halogenated alkanes) is 1. The maximum Gasteiger partial charge on any atom is 0.227 e. The number of amides is 1. The molecule has 1 heterocycles. The summed E-state index contributed by atoms with van der Waals surface area (Å²) < 4.78 is 13.3. The lowest BCUT2D eigenvalue weighted by Crippen LogP contribution is -2.38. The Bertz CT molecular complexity index is 1160. The molecule has 39 heavy (non-hydrogen) atoms. The molecule has 4 N–H and O–H groups in total. The lowest BCUT2D eigenvalue weighted by molar-refractivity contribution is -0.123. The first-order valence-electron chi connectivity index (χ1n) is 13.4. The zero-order chi connectivity index (χ0) is 29.2. The molecule has 214 valence electrons. The summed E-state index contributed by atoms with van der Waals surface area (Å²) in [6.07, 6.45) is 19.5. The van der Waals surface area contributed by atoms with E-state index in [1.807, 2.05) is 44.2 Å². The van der Waals surface area contributed by atoms with Crippen LogP contribution in [0.3, 0.4) is 0 Å². The van der Waals surface area contributed by atoms with Crippen molar-refractivity contribution < 1.29 is 24.5 Å². The van der Waals surface area contributed by atoms with Crippen LogP contribution in [0, 0.1) is 5.92 Å². The van der Waals surface area contributed by atoms with Gasteiger partial charge in [0.1, 0.15) is 6.17 Å². The molecule has 0 saturated heterocycles. The molecule has 1 aliphatic rings. The van der Waals surface area contributed by atoms with E-state index in [2.05, 4.69) is 24.0 Å². The molecule has 0 bridgehead atoms. The van der Waals surface area contributed by atoms with E-state index in [9.17, 15) is 19.4 Å². The summed E-state index contributed by atoms with van der Waals surface area (Å²) in [5.74, 6) is -0.625. The third-order valence-electron chi connectivity index (χ3n) is 5.93. The Morgan fingerprint density at radius 2 is 1.92 bits per heavy atom. The molecule has 3 atom stereocenters. The second kappa shape index (κ2) is 19.0. The number of rotatable bonds is 13. The van der Waals surface area contributed by atoms with Gasteiger partial charge in [0.05, 0.1) is 28.0 Å². The van der Waals surface area contributed by atoms with E-state index < -0.39 is 18.4 Å². The Hall–Kier alpha value is -3.20. The topological polar surface area (TPSA) is 116 Å². The number of aliphatic hydroxyl groups excluding tert-OH is 2. The zero-order valence-corrected chi connectivity index (χ0v) is 23.6. The van der Waals surface area contributed by atoms with E-state index in [-0.39, 0.29) is 18.4 Å². The number of alkyl halides is 1. The van der Waals surface area contributed by atoms with Crippen molar-refractivity contribution >= 4 is 23.6 Å². The third kappa shape index (κ3) is 12.5. The molecule has 2 rings (SSSR count). The number of aliphatic hydroxyl groups is 3. The molecule has 7 nitrogen and oxygen atoms in total. The molecule has 1 amide bonds. The summed E-state index contributed by atoms with van der Waals surface area (Å²) in [5.41, 5.74) is 2.60. The summed E-state index contributed by atoms with van der Waals surface area (Å²) >= 11 is 0. The van der Waals surface area contributed by atoms with Crippen molar-refractivity contribution in [2.24, 2.45) is 5.92 Å². The van der Waals surface area contributed by atoms with Gasteiger partial charge in [-0.25, -0.2) is 14.4 Å². The molecule has 0 fully saturated rings. The third-order valence-corrected chi connectivity index (χ3v) is 5.93. The van der Waals surface area contributed by atoms with Crippen molar-refractivity contribution in [2.45, 2.75) is 77.8 Å². The van der Waals surface area contributed by atoms with Gasteiger partial charge in [-0.1, -0.05) is 61.6 Å². The van der Waals surface area contributed by atoms with E-state index in [1.165, 1.54) is 6.08 Å². The number of aryl methyl sites for hydroxylation is 1. The van der Waals surface area contributed by atoms with Crippen LogP contribution in [-0.4, -0.2) is 56.8 Å². The molecule has 1 aromatic heterocycles. The second-order valence-corrected chi connectivity index (χ2v) is 9.16. The van der Waals surface area contributed by atoms with Gasteiger partial charge in [-0.05, 0) is 57.6 Å². The van der Waals surface area contributed by atoms with Gasteiger partial charge in [0.2, 0.25) is 5.91 Å². The number of halogens is 1. The second-order valence-electron chi connectivity index (χ2n) is 9.16. The molecule has 0 aliphatic heterocycles. The van der Waals surface area contributed by atoms with Crippen LogP contribution < -0.4 is 16.0 Å². The minimum Gasteiger partial charge on any atom is -0.400 e. The fourth-order valence-electron chi connectivity index (χ4n) is 3.84. The van der Waals surface area contributed by atoms with Crippen molar-refractivity contribution in [3.05, 3.63) is 77.3 Å². The zero-order valence-electron chi connectivity index (χ0n) is 23.6. The fraction of sp³-hybridized carbons (Fsp3) is 0.452. The average Bonchev–Trinajstić information content (AvgIpc) is 3.21. The van der Waals surface area contributed by atoms with Gasteiger partial charge in [-0.15, -0.1) is 6.58 Å². The first kappa shape index (κ1) is 33.8. The highest BCUT2D eigenvalue weighted by atomic mass is 19.1. The SMILES string of the molecule is C=CC(F)C/C=C/C(C)NC(=O)C(C)/C=c1/nc(CCCCC(O)O)c(C2=CCC=CC=C2)n/c1=C/C.CO. The van der Waals surface area contributed by atoms with E-state index in [0.29, 0.717) is 30.0 Å². The summed E-state index contributed by atoms with van der Waals surface area (Å²) in [7, 11) is 1.00. The van der Waals surface area contributed by atoms with Crippen molar-refractivity contribution in [1.82, 2.24) is 15.3 Å². The van der Waals surface area contributed by atoms with Gasteiger partial charge in [0.25, 0.3) is 0 Å². The van der Waals surface area contributed by atoms with Crippen LogP contribution in [0.4, 0.5) is 4.39 Å². The number of aromatic nitrogens is 2. The van der Waals surface area contributed by atoms with Gasteiger partial charge in [0, 0.05) is 19.6 Å². The first-order chi connectivity index (χ1) is 18.7. The normalized spacial score (nSPS) is 16.4. The largest absolute Gasteiger partial charge is 0.400 e. The molecular formula is C31H44FN3O4. The van der Waals surface area contributed by atoms with Crippen LogP contribution in [0.25, 0.3) is 17.7 Å². The number of hydrogen-bond acceptors (Lipinski definition) is 6. The molecule has 1 aromatic rings. The van der Waals surface area contributed by atoms with Crippen molar-refractivity contribution in [1.29, 1.82) is 0 Å². The lowest BCUT2D eigenvalue weighted by Gasteiger charge is -2.13. The highest BCUT2D eigenvalue weighted by Crippen LogP contribution is 2.20. The molecule has 3 unspecified atom stereocenters. The van der Waals surface area contributed by atoms with Crippen molar-refractivity contribution in [3.63, 3.8) is 0 Å². The molecule has 0 spiro atoms. The van der Waals surface area contributed by atoms with Gasteiger partial charge < -0.3 is 20.6 Å². The van der Waals surface area contributed by atoms with Crippen LogP contribution in [-0.2, 0) is 11.2 Å². The van der Waals surface area contributed by atoms with Gasteiger partial charge in [0.15, 0.2) is 6.29 Å². The Morgan fingerprint density at radius 3 is 2.59 bits per heavy atom. The van der Waals surface area contributed by atoms with E-state index in [4.69, 9.17) is 15.1 Å². The molecular weight excluding hydrogens is 497 g/mol. The Labute approximate surface area is 231 Å². The fourth-order valence-corrected chi connectivity index (χ4v) is 3.84. The van der Waals surface area contributed by atoms with E-state index >= 15 is 0 Å². The van der Waals surface area contributed by atoms with Crippen LogP contribution in [0.15, 0.2) is 55.2 Å². The predicted octanol–water partition coefficient (Wildman–Crippen LogP) is 3.20. The minimum atomic E-state index is -1.32. The monoisotopic (exact) mass is 541 g/mol. The molecule has 8 heteroatoms. The van der Waals surface area contributed by atoms with Gasteiger partial charge in [-0.2, -0.15) is 0 Å². The molecule has 1 aliphatic carbocycles. The smallest absolute Gasteiger partial charge is 0.227 e. The predicted molar refractivity (Wildman–Crippen MR) is 156 cm³/mol. The van der Waals surface area contributed by atoms with Gasteiger partial charge >= 0.3 is 0 Å². The minimum absolute atomic E-state index is 0.162. The van der Waals surface area contributed by atoms with Crippen molar-refractivity contribution in [3.8, 4) is 0 Å². The number of carbonyl (C=O) groups is 1. The first-order valence-corrected chi connectivity index (χ1v) is 13.4. The molecule has 0 saturated carbocycles. The summed E-state index contributed by atoms with van der Waals surface area (Å²) in [6, 6.07) is -0.244. The Morgan fingerprint density at radius 1 is 1.18 bits per heavy atom. The number of nitrogens with zero attached hydrogens (tertiary/aromatic N) is 2. The number of hydrogen-bond donors (Lipinski definition) is 4. The quantitative estimate of drug-likeness (QED) is 0.173. The average molecular weight is 542 g/mol. The Kier molecular flexibility index (Phi) is 16.4. The Balaban J connectivity index is 0.00000371. The summed E-state index contributed by atoms with van der Waals surface area (Å²) in [6.45, 7) is 8.97. The standard InChI is InChI=1S/C30H40FN3O3.CH4O/c1-5-24(31)17-13-14-22(4)32-30(37)21(3)20-27-25(6-2)34-29(23-15-9-7-8-10-16-23)26(33-27)18-11-12-19-28(35)36;1-2/h5-9,13-16,20-22,24,28,35-36H,1,10-12,17-19H2,2-4H3,(H,32,37);2H,1H3/b14-13+,25-6+,27-20+;. The van der Waals surface area contributed by atoms with Crippen LogP contribution >= 0.6 is 0 Å². The summed E-state index contributed by atoms with van der Waals surface area (Å²) in [4.78, 5) is 22.7. The maximum atomic E-state index is 13.3. The van der Waals surface area contributed by atoms with Crippen LogP contribution in [0.1, 0.15) is 64.3 Å². The molecule has 0 aromatic carbocycles. The lowest BCUT2D eigenvalue weighted by atomic mass is 10.0. The highest BCUT2D eigenvalue weighted by Gasteiger charge is 2.15. The number of allylic oxidation sites excluding steroid dienone is 8. The van der Waals surface area contributed by atoms with Crippen molar-refractivity contribution in [2.75, 3.05) is 7.11 Å². The number of nitrogens with one attached hydrogen (secondary N) is 1. The van der Waals surface area contributed by atoms with E-state index in [1.54, 1.807) is 19.1 Å². The molecule has 0 radical (unpaired) electrons. The maximum absolute atomic E-state index is 13.3. The van der Waals surface area contributed by atoms with Crippen LogP contribution in [0.2, 0.25) is 0 Å². The highest BCUT2D eigenvalue weighted by molar-refractivity contribution is 5.84. The van der Waals surface area contributed by atoms with Crippen LogP contribution in [0.5, 0.6) is 0 Å².